The number of nitrogen functional groups attached to an aromatic ring is 1. The van der Waals surface area contributed by atoms with Gasteiger partial charge in [0.15, 0.2) is 0 Å². The zero-order chi connectivity index (χ0) is 12.4. The highest BCUT2D eigenvalue weighted by molar-refractivity contribution is 7.18. The van der Waals surface area contributed by atoms with Crippen molar-refractivity contribution in [3.05, 3.63) is 10.9 Å². The lowest BCUT2D eigenvalue weighted by Gasteiger charge is -2.30. The molecule has 0 spiro atoms. The summed E-state index contributed by atoms with van der Waals surface area (Å²) < 4.78 is 0. The van der Waals surface area contributed by atoms with Crippen molar-refractivity contribution >= 4 is 27.9 Å². The number of hydrogen-bond acceptors (Lipinski definition) is 4. The van der Waals surface area contributed by atoms with Crippen LogP contribution in [0, 0.1) is 5.92 Å². The molecule has 1 fully saturated rings. The van der Waals surface area contributed by atoms with E-state index in [1.165, 1.54) is 24.2 Å². The van der Waals surface area contributed by atoms with Gasteiger partial charge in [-0.15, -0.1) is 11.3 Å². The van der Waals surface area contributed by atoms with E-state index < -0.39 is 0 Å². The summed E-state index contributed by atoms with van der Waals surface area (Å²) >= 11 is 1.49. The SMILES string of the molecule is CNC(=O)c1sc(N2CCC(C)CC2)cc1N. The van der Waals surface area contributed by atoms with E-state index in [9.17, 15) is 4.79 Å². The Balaban J connectivity index is 2.14. The lowest BCUT2D eigenvalue weighted by molar-refractivity contribution is 0.0968. The van der Waals surface area contributed by atoms with E-state index in [1.54, 1.807) is 7.05 Å². The number of amides is 1. The zero-order valence-corrected chi connectivity index (χ0v) is 11.1. The summed E-state index contributed by atoms with van der Waals surface area (Å²) in [4.78, 5) is 14.5. The average molecular weight is 253 g/mol. The number of thiophene rings is 1. The summed E-state index contributed by atoms with van der Waals surface area (Å²) in [6, 6.07) is 1.92. The molecule has 1 aliphatic heterocycles. The van der Waals surface area contributed by atoms with Crippen LogP contribution in [0.4, 0.5) is 10.7 Å². The van der Waals surface area contributed by atoms with Gasteiger partial charge in [0, 0.05) is 20.1 Å². The zero-order valence-electron chi connectivity index (χ0n) is 10.3. The monoisotopic (exact) mass is 253 g/mol. The number of nitrogens with zero attached hydrogens (tertiary/aromatic N) is 1. The van der Waals surface area contributed by atoms with Gasteiger partial charge in [0.25, 0.3) is 5.91 Å². The fraction of sp³-hybridized carbons (Fsp3) is 0.583. The maximum absolute atomic E-state index is 11.6. The topological polar surface area (TPSA) is 58.4 Å². The molecule has 1 aliphatic rings. The molecule has 1 aromatic heterocycles. The summed E-state index contributed by atoms with van der Waals surface area (Å²) in [5.41, 5.74) is 6.46. The van der Waals surface area contributed by atoms with Gasteiger partial charge in [0.1, 0.15) is 4.88 Å². The minimum atomic E-state index is -0.0934. The molecule has 0 unspecified atom stereocenters. The number of carbonyl (C=O) groups is 1. The van der Waals surface area contributed by atoms with Crippen LogP contribution in [0.1, 0.15) is 29.4 Å². The van der Waals surface area contributed by atoms with Crippen molar-refractivity contribution in [2.45, 2.75) is 19.8 Å². The number of anilines is 2. The van der Waals surface area contributed by atoms with E-state index in [1.807, 2.05) is 6.07 Å². The predicted molar refractivity (Wildman–Crippen MR) is 72.7 cm³/mol. The lowest BCUT2D eigenvalue weighted by atomic mass is 9.99. The van der Waals surface area contributed by atoms with Gasteiger partial charge in [-0.25, -0.2) is 0 Å². The Hall–Kier alpha value is -1.23. The van der Waals surface area contributed by atoms with Gasteiger partial charge in [-0.1, -0.05) is 6.92 Å². The maximum Gasteiger partial charge on any atom is 0.263 e. The Morgan fingerprint density at radius 1 is 1.53 bits per heavy atom. The van der Waals surface area contributed by atoms with Gasteiger partial charge < -0.3 is 16.0 Å². The average Bonchev–Trinajstić information content (AvgIpc) is 2.71. The van der Waals surface area contributed by atoms with Crippen LogP contribution in [0.15, 0.2) is 6.07 Å². The van der Waals surface area contributed by atoms with Crippen molar-refractivity contribution in [3.63, 3.8) is 0 Å². The maximum atomic E-state index is 11.6. The molecule has 17 heavy (non-hydrogen) atoms. The molecule has 0 saturated carbocycles. The fourth-order valence-corrected chi connectivity index (χ4v) is 3.15. The molecular formula is C12H19N3OS. The Morgan fingerprint density at radius 3 is 2.76 bits per heavy atom. The number of nitrogens with two attached hydrogens (primary N) is 1. The second-order valence-corrected chi connectivity index (χ2v) is 5.65. The molecule has 5 heteroatoms. The summed E-state index contributed by atoms with van der Waals surface area (Å²) in [7, 11) is 1.63. The predicted octanol–water partition coefficient (Wildman–Crippen LogP) is 1.93. The number of hydrogen-bond donors (Lipinski definition) is 2. The van der Waals surface area contributed by atoms with E-state index in [4.69, 9.17) is 5.73 Å². The second kappa shape index (κ2) is 4.96. The molecule has 0 aliphatic carbocycles. The summed E-state index contributed by atoms with van der Waals surface area (Å²) in [5.74, 6) is 0.714. The first-order valence-electron chi connectivity index (χ1n) is 5.98. The van der Waals surface area contributed by atoms with Crippen molar-refractivity contribution in [3.8, 4) is 0 Å². The van der Waals surface area contributed by atoms with E-state index in [2.05, 4.69) is 17.1 Å². The van der Waals surface area contributed by atoms with E-state index in [0.717, 1.165) is 24.0 Å². The molecule has 1 amide bonds. The Bertz CT molecular complexity index is 408. The highest BCUT2D eigenvalue weighted by atomic mass is 32.1. The van der Waals surface area contributed by atoms with Crippen LogP contribution < -0.4 is 16.0 Å². The first kappa shape index (κ1) is 12.2. The molecule has 4 nitrogen and oxygen atoms in total. The number of carbonyl (C=O) groups excluding carboxylic acids is 1. The van der Waals surface area contributed by atoms with Crippen LogP contribution >= 0.6 is 11.3 Å². The van der Waals surface area contributed by atoms with Crippen LogP contribution in [0.2, 0.25) is 0 Å². The minimum absolute atomic E-state index is 0.0934. The van der Waals surface area contributed by atoms with Crippen LogP contribution in [0.3, 0.4) is 0 Å². The highest BCUT2D eigenvalue weighted by Gasteiger charge is 2.20. The molecule has 94 valence electrons. The molecule has 2 heterocycles. The second-order valence-electron chi connectivity index (χ2n) is 4.62. The van der Waals surface area contributed by atoms with Crippen molar-refractivity contribution < 1.29 is 4.79 Å². The third-order valence-corrected chi connectivity index (χ3v) is 4.49. The molecule has 1 aromatic rings. The normalized spacial score (nSPS) is 17.2. The number of piperidine rings is 1. The van der Waals surface area contributed by atoms with Crippen LogP contribution in [-0.2, 0) is 0 Å². The van der Waals surface area contributed by atoms with E-state index >= 15 is 0 Å². The third kappa shape index (κ3) is 2.54. The Kier molecular flexibility index (Phi) is 3.57. The quantitative estimate of drug-likeness (QED) is 0.846. The minimum Gasteiger partial charge on any atom is -0.397 e. The van der Waals surface area contributed by atoms with Crippen molar-refractivity contribution in [1.82, 2.24) is 5.32 Å². The molecule has 0 radical (unpaired) electrons. The summed E-state index contributed by atoms with van der Waals surface area (Å²) in [6.07, 6.45) is 2.43. The molecule has 3 N–H and O–H groups in total. The van der Waals surface area contributed by atoms with E-state index in [-0.39, 0.29) is 5.91 Å². The van der Waals surface area contributed by atoms with E-state index in [0.29, 0.717) is 10.6 Å². The number of nitrogens with one attached hydrogen (secondary N) is 1. The van der Waals surface area contributed by atoms with Crippen molar-refractivity contribution in [2.75, 3.05) is 30.8 Å². The van der Waals surface area contributed by atoms with Gasteiger partial charge in [0.05, 0.1) is 10.7 Å². The van der Waals surface area contributed by atoms with Crippen LogP contribution in [0.5, 0.6) is 0 Å². The first-order valence-corrected chi connectivity index (χ1v) is 6.79. The molecule has 0 atom stereocenters. The van der Waals surface area contributed by atoms with Crippen molar-refractivity contribution in [2.24, 2.45) is 5.92 Å². The van der Waals surface area contributed by atoms with Gasteiger partial charge in [0.2, 0.25) is 0 Å². The van der Waals surface area contributed by atoms with Gasteiger partial charge in [-0.05, 0) is 24.8 Å². The Morgan fingerprint density at radius 2 is 2.18 bits per heavy atom. The van der Waals surface area contributed by atoms with Gasteiger partial charge in [-0.2, -0.15) is 0 Å². The molecular weight excluding hydrogens is 234 g/mol. The molecule has 2 rings (SSSR count). The first-order chi connectivity index (χ1) is 8.11. The highest BCUT2D eigenvalue weighted by Crippen LogP contribution is 2.34. The largest absolute Gasteiger partial charge is 0.397 e. The lowest BCUT2D eigenvalue weighted by Crippen LogP contribution is -2.32. The van der Waals surface area contributed by atoms with Crippen LogP contribution in [-0.4, -0.2) is 26.0 Å². The number of rotatable bonds is 2. The van der Waals surface area contributed by atoms with Crippen LogP contribution in [0.25, 0.3) is 0 Å². The summed E-state index contributed by atoms with van der Waals surface area (Å²) in [5, 5.41) is 3.74. The Labute approximate surface area is 106 Å². The molecule has 0 bridgehead atoms. The third-order valence-electron chi connectivity index (χ3n) is 3.28. The smallest absolute Gasteiger partial charge is 0.263 e. The molecule has 1 saturated heterocycles. The van der Waals surface area contributed by atoms with Gasteiger partial charge >= 0.3 is 0 Å². The van der Waals surface area contributed by atoms with Crippen molar-refractivity contribution in [1.29, 1.82) is 0 Å². The summed E-state index contributed by atoms with van der Waals surface area (Å²) in [6.45, 7) is 4.42. The fourth-order valence-electron chi connectivity index (χ4n) is 2.07. The standard InChI is InChI=1S/C12H19N3OS/c1-8-3-5-15(6-4-8)10-7-9(13)11(17-10)12(16)14-2/h7-8H,3-6,13H2,1-2H3,(H,14,16). The molecule has 0 aromatic carbocycles. The van der Waals surface area contributed by atoms with Gasteiger partial charge in [-0.3, -0.25) is 4.79 Å².